The Hall–Kier alpha value is -2.30. The van der Waals surface area contributed by atoms with Crippen molar-refractivity contribution < 1.29 is 4.79 Å². The molecule has 0 spiro atoms. The first-order valence-electron chi connectivity index (χ1n) is 8.34. The molecule has 0 aromatic carbocycles. The summed E-state index contributed by atoms with van der Waals surface area (Å²) in [7, 11) is 0. The smallest absolute Gasteiger partial charge is 0.228 e. The van der Waals surface area contributed by atoms with Gasteiger partial charge in [-0.15, -0.1) is 0 Å². The highest BCUT2D eigenvalue weighted by Gasteiger charge is 2.34. The second kappa shape index (κ2) is 5.72. The molecule has 1 saturated carbocycles. The first-order valence-corrected chi connectivity index (χ1v) is 8.34. The lowest BCUT2D eigenvalue weighted by molar-refractivity contribution is -0.119. The quantitative estimate of drug-likeness (QED) is 0.855. The van der Waals surface area contributed by atoms with Gasteiger partial charge < -0.3 is 0 Å². The average molecular weight is 308 g/mol. The third-order valence-corrected chi connectivity index (χ3v) is 4.91. The number of nitrogens with zero attached hydrogens (tertiary/aromatic N) is 4. The number of hydrogen-bond donors (Lipinski definition) is 0. The zero-order valence-corrected chi connectivity index (χ0v) is 13.3. The summed E-state index contributed by atoms with van der Waals surface area (Å²) in [6.45, 7) is 2.02. The lowest BCUT2D eigenvalue weighted by Gasteiger charge is -2.33. The van der Waals surface area contributed by atoms with Gasteiger partial charge in [-0.1, -0.05) is 12.8 Å². The van der Waals surface area contributed by atoms with Crippen molar-refractivity contribution in [2.75, 3.05) is 4.90 Å². The number of fused-ring (bicyclic) bond motifs is 1. The Morgan fingerprint density at radius 1 is 1.09 bits per heavy atom. The van der Waals surface area contributed by atoms with Gasteiger partial charge in [0.2, 0.25) is 5.91 Å². The van der Waals surface area contributed by atoms with Crippen LogP contribution in [-0.2, 0) is 11.2 Å². The van der Waals surface area contributed by atoms with E-state index >= 15 is 0 Å². The molecule has 23 heavy (non-hydrogen) atoms. The van der Waals surface area contributed by atoms with Gasteiger partial charge in [0.15, 0.2) is 5.82 Å². The predicted molar refractivity (Wildman–Crippen MR) is 88.1 cm³/mol. The highest BCUT2D eigenvalue weighted by atomic mass is 16.2. The molecule has 5 heteroatoms. The number of anilines is 1. The second-order valence-corrected chi connectivity index (χ2v) is 6.37. The van der Waals surface area contributed by atoms with Crippen molar-refractivity contribution in [2.24, 2.45) is 0 Å². The Morgan fingerprint density at radius 2 is 1.83 bits per heavy atom. The number of hydrogen-bond acceptors (Lipinski definition) is 4. The van der Waals surface area contributed by atoms with E-state index in [-0.39, 0.29) is 5.91 Å². The van der Waals surface area contributed by atoms with Gasteiger partial charge in [-0.3, -0.25) is 14.7 Å². The van der Waals surface area contributed by atoms with Crippen molar-refractivity contribution in [2.45, 2.75) is 51.5 Å². The van der Waals surface area contributed by atoms with Crippen LogP contribution in [0.25, 0.3) is 11.4 Å². The van der Waals surface area contributed by atoms with Crippen LogP contribution in [0.4, 0.5) is 5.82 Å². The largest absolute Gasteiger partial charge is 0.293 e. The van der Waals surface area contributed by atoms with Crippen LogP contribution in [0.15, 0.2) is 24.5 Å². The molecular formula is C18H20N4O. The van der Waals surface area contributed by atoms with E-state index < -0.39 is 0 Å². The van der Waals surface area contributed by atoms with Crippen molar-refractivity contribution in [3.63, 3.8) is 0 Å². The molecular weight excluding hydrogens is 288 g/mol. The van der Waals surface area contributed by atoms with Crippen LogP contribution in [0.3, 0.4) is 0 Å². The van der Waals surface area contributed by atoms with Gasteiger partial charge in [0.05, 0.1) is 0 Å². The zero-order chi connectivity index (χ0) is 15.8. The zero-order valence-electron chi connectivity index (χ0n) is 13.3. The number of carbonyl (C=O) groups is 1. The fraction of sp³-hybridized carbons (Fsp3) is 0.444. The number of aromatic nitrogens is 3. The number of carbonyl (C=O) groups excluding carboxylic acids is 1. The fourth-order valence-electron chi connectivity index (χ4n) is 3.71. The SMILES string of the molecule is Cc1nc(-c2ccncc2)nc2c1CCC(=O)N2C1CCCC1. The van der Waals surface area contributed by atoms with Crippen LogP contribution in [-0.4, -0.2) is 26.9 Å². The minimum atomic E-state index is 0.211. The molecule has 118 valence electrons. The van der Waals surface area contributed by atoms with Crippen LogP contribution in [0.5, 0.6) is 0 Å². The number of pyridine rings is 1. The summed E-state index contributed by atoms with van der Waals surface area (Å²) in [5.41, 5.74) is 3.06. The topological polar surface area (TPSA) is 59.0 Å². The van der Waals surface area contributed by atoms with Gasteiger partial charge in [-0.25, -0.2) is 9.97 Å². The summed E-state index contributed by atoms with van der Waals surface area (Å²) in [5.74, 6) is 1.73. The third-order valence-electron chi connectivity index (χ3n) is 4.91. The van der Waals surface area contributed by atoms with E-state index in [1.54, 1.807) is 12.4 Å². The monoisotopic (exact) mass is 308 g/mol. The molecule has 1 aliphatic heterocycles. The fourth-order valence-corrected chi connectivity index (χ4v) is 3.71. The van der Waals surface area contributed by atoms with Gasteiger partial charge in [0.1, 0.15) is 5.82 Å². The van der Waals surface area contributed by atoms with Crippen molar-refractivity contribution in [3.05, 3.63) is 35.8 Å². The van der Waals surface area contributed by atoms with Gasteiger partial charge in [-0.05, 0) is 38.3 Å². The molecule has 1 amide bonds. The molecule has 2 aromatic rings. The van der Waals surface area contributed by atoms with E-state index in [9.17, 15) is 4.79 Å². The van der Waals surface area contributed by atoms with Gasteiger partial charge in [0.25, 0.3) is 0 Å². The maximum Gasteiger partial charge on any atom is 0.228 e. The molecule has 2 aliphatic rings. The lowest BCUT2D eigenvalue weighted by Crippen LogP contribution is -2.43. The number of amides is 1. The molecule has 0 saturated heterocycles. The van der Waals surface area contributed by atoms with E-state index in [2.05, 4.69) is 9.97 Å². The Labute approximate surface area is 135 Å². The van der Waals surface area contributed by atoms with E-state index in [1.807, 2.05) is 24.0 Å². The van der Waals surface area contributed by atoms with E-state index in [0.717, 1.165) is 41.9 Å². The first-order chi connectivity index (χ1) is 11.2. The predicted octanol–water partition coefficient (Wildman–Crippen LogP) is 3.07. The van der Waals surface area contributed by atoms with Crippen LogP contribution in [0, 0.1) is 6.92 Å². The first kappa shape index (κ1) is 14.3. The van der Waals surface area contributed by atoms with Crippen LogP contribution < -0.4 is 4.90 Å². The lowest BCUT2D eigenvalue weighted by atomic mass is 10.0. The Morgan fingerprint density at radius 3 is 2.57 bits per heavy atom. The molecule has 0 atom stereocenters. The molecule has 4 rings (SSSR count). The van der Waals surface area contributed by atoms with Crippen molar-refractivity contribution in [3.8, 4) is 11.4 Å². The third kappa shape index (κ3) is 2.50. The van der Waals surface area contributed by atoms with Gasteiger partial charge >= 0.3 is 0 Å². The molecule has 0 N–H and O–H groups in total. The van der Waals surface area contributed by atoms with Gasteiger partial charge in [-0.2, -0.15) is 0 Å². The second-order valence-electron chi connectivity index (χ2n) is 6.37. The Kier molecular flexibility index (Phi) is 3.56. The van der Waals surface area contributed by atoms with Crippen molar-refractivity contribution in [1.82, 2.24) is 15.0 Å². The summed E-state index contributed by atoms with van der Waals surface area (Å²) < 4.78 is 0. The molecule has 3 heterocycles. The van der Waals surface area contributed by atoms with Crippen LogP contribution in [0.2, 0.25) is 0 Å². The molecule has 2 aromatic heterocycles. The highest BCUT2D eigenvalue weighted by Crippen LogP contribution is 2.35. The molecule has 0 unspecified atom stereocenters. The Bertz CT molecular complexity index is 738. The average Bonchev–Trinajstić information content (AvgIpc) is 3.09. The van der Waals surface area contributed by atoms with Crippen LogP contribution >= 0.6 is 0 Å². The standard InChI is InChI=1S/C18H20N4O/c1-12-15-6-7-16(23)22(14-4-2-3-5-14)18(15)21-17(20-12)13-8-10-19-11-9-13/h8-11,14H,2-7H2,1H3. The molecule has 0 radical (unpaired) electrons. The summed E-state index contributed by atoms with van der Waals surface area (Å²) in [5, 5.41) is 0. The minimum Gasteiger partial charge on any atom is -0.293 e. The van der Waals surface area contributed by atoms with E-state index in [4.69, 9.17) is 4.98 Å². The highest BCUT2D eigenvalue weighted by molar-refractivity contribution is 5.96. The minimum absolute atomic E-state index is 0.211. The van der Waals surface area contributed by atoms with Crippen molar-refractivity contribution in [1.29, 1.82) is 0 Å². The summed E-state index contributed by atoms with van der Waals surface area (Å²) in [6.07, 6.45) is 9.37. The van der Waals surface area contributed by atoms with E-state index in [1.165, 1.54) is 12.8 Å². The Balaban J connectivity index is 1.83. The molecule has 1 fully saturated rings. The number of rotatable bonds is 2. The molecule has 5 nitrogen and oxygen atoms in total. The normalized spacial score (nSPS) is 18.3. The maximum atomic E-state index is 12.6. The van der Waals surface area contributed by atoms with Gasteiger partial charge in [0, 0.05) is 41.7 Å². The summed E-state index contributed by atoms with van der Waals surface area (Å²) in [6, 6.07) is 4.12. The van der Waals surface area contributed by atoms with Crippen molar-refractivity contribution >= 4 is 11.7 Å². The maximum absolute atomic E-state index is 12.6. The summed E-state index contributed by atoms with van der Waals surface area (Å²) in [4.78, 5) is 28.0. The van der Waals surface area contributed by atoms with E-state index in [0.29, 0.717) is 18.3 Å². The molecule has 0 bridgehead atoms. The molecule has 1 aliphatic carbocycles. The van der Waals surface area contributed by atoms with Crippen LogP contribution in [0.1, 0.15) is 43.4 Å². The number of aryl methyl sites for hydroxylation is 1. The summed E-state index contributed by atoms with van der Waals surface area (Å²) >= 11 is 0.